The Morgan fingerprint density at radius 1 is 1.45 bits per heavy atom. The molecule has 106 valence electrons. The molecule has 0 saturated carbocycles. The molecule has 1 heterocycles. The van der Waals surface area contributed by atoms with Gasteiger partial charge in [-0.2, -0.15) is 0 Å². The molecule has 4 heteroatoms. The normalized spacial score (nSPS) is 14.2. The summed E-state index contributed by atoms with van der Waals surface area (Å²) in [6, 6.07) is 5.42. The fourth-order valence-corrected chi connectivity index (χ4v) is 1.93. The lowest BCUT2D eigenvalue weighted by Crippen LogP contribution is -2.07. The van der Waals surface area contributed by atoms with Crippen LogP contribution in [0.5, 0.6) is 0 Å². The summed E-state index contributed by atoms with van der Waals surface area (Å²) in [4.78, 5) is 23.0. The largest absolute Gasteiger partial charge is 0.462 e. The summed E-state index contributed by atoms with van der Waals surface area (Å²) in [5, 5.41) is 0. The molecule has 0 bridgehead atoms. The zero-order valence-corrected chi connectivity index (χ0v) is 11.9. The van der Waals surface area contributed by atoms with E-state index in [4.69, 9.17) is 9.47 Å². The van der Waals surface area contributed by atoms with Gasteiger partial charge in [-0.25, -0.2) is 9.59 Å². The van der Waals surface area contributed by atoms with Crippen molar-refractivity contribution in [1.82, 2.24) is 0 Å². The van der Waals surface area contributed by atoms with E-state index in [1.807, 2.05) is 32.9 Å². The molecule has 4 nitrogen and oxygen atoms in total. The van der Waals surface area contributed by atoms with Crippen LogP contribution in [-0.2, 0) is 20.9 Å². The Bertz CT molecular complexity index is 570. The van der Waals surface area contributed by atoms with Crippen molar-refractivity contribution in [2.24, 2.45) is 5.92 Å². The fourth-order valence-electron chi connectivity index (χ4n) is 1.93. The third-order valence-corrected chi connectivity index (χ3v) is 3.03. The lowest BCUT2D eigenvalue weighted by atomic mass is 10.0. The first kappa shape index (κ1) is 14.3. The van der Waals surface area contributed by atoms with E-state index in [2.05, 4.69) is 0 Å². The highest BCUT2D eigenvalue weighted by Crippen LogP contribution is 2.24. The number of ether oxygens (including phenoxy) is 2. The molecule has 2 rings (SSSR count). The molecule has 0 radical (unpaired) electrons. The monoisotopic (exact) mass is 274 g/mol. The van der Waals surface area contributed by atoms with Gasteiger partial charge in [0, 0.05) is 11.6 Å². The second-order valence-electron chi connectivity index (χ2n) is 5.30. The van der Waals surface area contributed by atoms with E-state index in [-0.39, 0.29) is 11.9 Å². The number of allylic oxidation sites excluding steroid dienone is 1. The summed E-state index contributed by atoms with van der Waals surface area (Å²) in [6.45, 7) is 6.53. The molecule has 0 atom stereocenters. The molecular formula is C16H18O4. The number of carbonyl (C=O) groups excluding carboxylic acids is 2. The van der Waals surface area contributed by atoms with Crippen molar-refractivity contribution in [1.29, 1.82) is 0 Å². The lowest BCUT2D eigenvalue weighted by molar-refractivity contribution is -0.138. The smallest absolute Gasteiger partial charge is 0.338 e. The Balaban J connectivity index is 2.11. The molecule has 0 amide bonds. The minimum absolute atomic E-state index is 0.287. The number of rotatable bonds is 4. The van der Waals surface area contributed by atoms with Crippen molar-refractivity contribution in [3.8, 4) is 0 Å². The first-order valence-corrected chi connectivity index (χ1v) is 6.63. The minimum Gasteiger partial charge on any atom is -0.462 e. The zero-order chi connectivity index (χ0) is 14.7. The predicted molar refractivity (Wildman–Crippen MR) is 75.0 cm³/mol. The van der Waals surface area contributed by atoms with E-state index in [0.29, 0.717) is 24.7 Å². The highest BCUT2D eigenvalue weighted by atomic mass is 16.5. The van der Waals surface area contributed by atoms with E-state index in [0.717, 1.165) is 16.7 Å². The highest BCUT2D eigenvalue weighted by molar-refractivity contribution is 5.95. The molecule has 1 aliphatic rings. The molecule has 0 saturated heterocycles. The van der Waals surface area contributed by atoms with Gasteiger partial charge in [0.05, 0.1) is 12.2 Å². The quantitative estimate of drug-likeness (QED) is 0.625. The average Bonchev–Trinajstić information content (AvgIpc) is 2.77. The Labute approximate surface area is 118 Å². The summed E-state index contributed by atoms with van der Waals surface area (Å²) in [5.41, 5.74) is 3.16. The summed E-state index contributed by atoms with van der Waals surface area (Å²) in [7, 11) is 0. The van der Waals surface area contributed by atoms with Crippen LogP contribution in [0.3, 0.4) is 0 Å². The molecule has 0 unspecified atom stereocenters. The lowest BCUT2D eigenvalue weighted by Gasteiger charge is -2.06. The standard InChI is InChI=1S/C16H18O4/c1-10(2)8-19-15(17)6-11(3)12-4-5-14-13(7-12)9-20-16(14)18/h4-7,10H,8-9H2,1-3H3/b11-6+. The molecular weight excluding hydrogens is 256 g/mol. The van der Waals surface area contributed by atoms with Crippen LogP contribution in [0.15, 0.2) is 24.3 Å². The van der Waals surface area contributed by atoms with Gasteiger partial charge in [-0.1, -0.05) is 19.9 Å². The molecule has 0 spiro atoms. The number of carbonyl (C=O) groups is 2. The van der Waals surface area contributed by atoms with Gasteiger partial charge < -0.3 is 9.47 Å². The molecule has 0 aliphatic carbocycles. The van der Waals surface area contributed by atoms with Gasteiger partial charge >= 0.3 is 11.9 Å². The summed E-state index contributed by atoms with van der Waals surface area (Å²) in [6.07, 6.45) is 1.47. The Hall–Kier alpha value is -2.10. The number of hydrogen-bond acceptors (Lipinski definition) is 4. The third-order valence-electron chi connectivity index (χ3n) is 3.03. The number of esters is 2. The Morgan fingerprint density at radius 2 is 2.20 bits per heavy atom. The summed E-state index contributed by atoms with van der Waals surface area (Å²) in [5.74, 6) is -0.315. The van der Waals surface area contributed by atoms with Crippen LogP contribution >= 0.6 is 0 Å². The first-order chi connectivity index (χ1) is 9.47. The highest BCUT2D eigenvalue weighted by Gasteiger charge is 2.21. The molecule has 1 aromatic rings. The van der Waals surface area contributed by atoms with Crippen LogP contribution < -0.4 is 0 Å². The molecule has 20 heavy (non-hydrogen) atoms. The number of fused-ring (bicyclic) bond motifs is 1. The van der Waals surface area contributed by atoms with Gasteiger partial charge in [-0.05, 0) is 36.1 Å². The van der Waals surface area contributed by atoms with E-state index in [1.165, 1.54) is 6.08 Å². The van der Waals surface area contributed by atoms with Crippen molar-refractivity contribution < 1.29 is 19.1 Å². The van der Waals surface area contributed by atoms with Crippen molar-refractivity contribution in [3.05, 3.63) is 41.0 Å². The van der Waals surface area contributed by atoms with Crippen molar-refractivity contribution in [3.63, 3.8) is 0 Å². The van der Waals surface area contributed by atoms with Crippen LogP contribution in [0, 0.1) is 5.92 Å². The van der Waals surface area contributed by atoms with Gasteiger partial charge in [0.2, 0.25) is 0 Å². The third kappa shape index (κ3) is 3.26. The van der Waals surface area contributed by atoms with Crippen LogP contribution in [0.25, 0.3) is 5.57 Å². The molecule has 0 aromatic heterocycles. The second kappa shape index (κ2) is 5.90. The maximum atomic E-state index is 11.6. The predicted octanol–water partition coefficient (Wildman–Crippen LogP) is 2.96. The molecule has 1 aromatic carbocycles. The first-order valence-electron chi connectivity index (χ1n) is 6.63. The minimum atomic E-state index is -0.343. The van der Waals surface area contributed by atoms with Crippen LogP contribution in [0.1, 0.15) is 42.3 Å². The summed E-state index contributed by atoms with van der Waals surface area (Å²) < 4.78 is 10.1. The molecule has 0 N–H and O–H groups in total. The SMILES string of the molecule is C/C(=C\C(=O)OCC(C)C)c1ccc2c(c1)COC2=O. The van der Waals surface area contributed by atoms with Crippen molar-refractivity contribution in [2.45, 2.75) is 27.4 Å². The van der Waals surface area contributed by atoms with E-state index >= 15 is 0 Å². The van der Waals surface area contributed by atoms with Gasteiger partial charge in [-0.3, -0.25) is 0 Å². The number of hydrogen-bond donors (Lipinski definition) is 0. The Kier molecular flexibility index (Phi) is 4.23. The summed E-state index contributed by atoms with van der Waals surface area (Å²) >= 11 is 0. The van der Waals surface area contributed by atoms with Crippen molar-refractivity contribution >= 4 is 17.5 Å². The van der Waals surface area contributed by atoms with E-state index in [9.17, 15) is 9.59 Å². The molecule has 1 aliphatic heterocycles. The number of benzene rings is 1. The topological polar surface area (TPSA) is 52.6 Å². The van der Waals surface area contributed by atoms with Gasteiger partial charge in [-0.15, -0.1) is 0 Å². The van der Waals surface area contributed by atoms with Gasteiger partial charge in [0.25, 0.3) is 0 Å². The van der Waals surface area contributed by atoms with Gasteiger partial charge in [0.15, 0.2) is 0 Å². The molecule has 0 fully saturated rings. The van der Waals surface area contributed by atoms with E-state index in [1.54, 1.807) is 6.07 Å². The van der Waals surface area contributed by atoms with Crippen molar-refractivity contribution in [2.75, 3.05) is 6.61 Å². The average molecular weight is 274 g/mol. The zero-order valence-electron chi connectivity index (χ0n) is 11.9. The van der Waals surface area contributed by atoms with E-state index < -0.39 is 0 Å². The second-order valence-corrected chi connectivity index (χ2v) is 5.30. The Morgan fingerprint density at radius 3 is 2.90 bits per heavy atom. The van der Waals surface area contributed by atoms with Crippen LogP contribution in [0.2, 0.25) is 0 Å². The maximum absolute atomic E-state index is 11.6. The van der Waals surface area contributed by atoms with Gasteiger partial charge in [0.1, 0.15) is 6.61 Å². The number of cyclic esters (lactones) is 1. The van der Waals surface area contributed by atoms with Crippen LogP contribution in [0.4, 0.5) is 0 Å². The fraction of sp³-hybridized carbons (Fsp3) is 0.375. The van der Waals surface area contributed by atoms with Crippen LogP contribution in [-0.4, -0.2) is 18.5 Å². The maximum Gasteiger partial charge on any atom is 0.338 e.